The number of nitrogens with two attached hydrogens (primary N) is 1. The van der Waals surface area contributed by atoms with Crippen LogP contribution in [0.15, 0.2) is 0 Å². The number of hydrogen-bond acceptors (Lipinski definition) is 2. The number of carboxylic acids is 1. The zero-order valence-corrected chi connectivity index (χ0v) is 8.25. The van der Waals surface area contributed by atoms with Gasteiger partial charge in [-0.25, -0.2) is 0 Å². The minimum absolute atomic E-state index is 0.0989. The first kappa shape index (κ1) is 10.5. The average Bonchev–Trinajstić information content (AvgIpc) is 2.09. The molecule has 0 spiro atoms. The smallest absolute Gasteiger partial charge is 0.303 e. The van der Waals surface area contributed by atoms with E-state index in [-0.39, 0.29) is 11.8 Å². The highest BCUT2D eigenvalue weighted by Crippen LogP contribution is 2.40. The second-order valence-corrected chi connectivity index (χ2v) is 4.46. The zero-order valence-electron chi connectivity index (χ0n) is 8.25. The van der Waals surface area contributed by atoms with Crippen molar-refractivity contribution < 1.29 is 9.90 Å². The Morgan fingerprint density at radius 2 is 2.08 bits per heavy atom. The largest absolute Gasteiger partial charge is 0.481 e. The van der Waals surface area contributed by atoms with Crippen molar-refractivity contribution >= 4 is 5.97 Å². The van der Waals surface area contributed by atoms with Gasteiger partial charge in [0.1, 0.15) is 0 Å². The van der Waals surface area contributed by atoms with E-state index in [1.54, 1.807) is 0 Å². The van der Waals surface area contributed by atoms with E-state index in [1.165, 1.54) is 0 Å². The summed E-state index contributed by atoms with van der Waals surface area (Å²) in [7, 11) is 0. The standard InChI is InChI=1S/C10H19NO2/c1-8-2-4-10(7-11,5-3-8)6-9(12)13/h8H,2-7,11H2,1H3,(H,12,13)/t8-,10-. The molecule has 0 aliphatic heterocycles. The fourth-order valence-corrected chi connectivity index (χ4v) is 2.15. The maximum absolute atomic E-state index is 10.7. The number of carboxylic acid groups (broad SMARTS) is 1. The van der Waals surface area contributed by atoms with E-state index in [9.17, 15) is 4.79 Å². The van der Waals surface area contributed by atoms with Gasteiger partial charge in [0.15, 0.2) is 0 Å². The van der Waals surface area contributed by atoms with Crippen molar-refractivity contribution in [3.63, 3.8) is 0 Å². The number of hydrogen-bond donors (Lipinski definition) is 2. The quantitative estimate of drug-likeness (QED) is 0.702. The van der Waals surface area contributed by atoms with Crippen molar-refractivity contribution in [1.82, 2.24) is 0 Å². The van der Waals surface area contributed by atoms with Crippen LogP contribution in [0.2, 0.25) is 0 Å². The third-order valence-corrected chi connectivity index (χ3v) is 3.29. The molecule has 0 atom stereocenters. The predicted octanol–water partition coefficient (Wildman–Crippen LogP) is 1.62. The summed E-state index contributed by atoms with van der Waals surface area (Å²) >= 11 is 0. The summed E-state index contributed by atoms with van der Waals surface area (Å²) in [5.74, 6) is 0.0356. The van der Waals surface area contributed by atoms with Crippen molar-refractivity contribution in [2.45, 2.75) is 39.0 Å². The highest BCUT2D eigenvalue weighted by molar-refractivity contribution is 5.67. The van der Waals surface area contributed by atoms with Gasteiger partial charge in [-0.1, -0.05) is 19.8 Å². The second-order valence-electron chi connectivity index (χ2n) is 4.46. The topological polar surface area (TPSA) is 63.3 Å². The van der Waals surface area contributed by atoms with Crippen LogP contribution in [0.1, 0.15) is 39.0 Å². The Hall–Kier alpha value is -0.570. The first-order valence-electron chi connectivity index (χ1n) is 5.00. The van der Waals surface area contributed by atoms with Gasteiger partial charge in [-0.05, 0) is 30.7 Å². The molecular formula is C10H19NO2. The van der Waals surface area contributed by atoms with Crippen LogP contribution >= 0.6 is 0 Å². The van der Waals surface area contributed by atoms with Crippen molar-refractivity contribution in [3.05, 3.63) is 0 Å². The van der Waals surface area contributed by atoms with Crippen LogP contribution in [-0.2, 0) is 4.79 Å². The van der Waals surface area contributed by atoms with Gasteiger partial charge in [-0.3, -0.25) is 4.79 Å². The molecule has 0 aromatic rings. The van der Waals surface area contributed by atoms with Gasteiger partial charge in [-0.15, -0.1) is 0 Å². The molecule has 0 aromatic carbocycles. The Kier molecular flexibility index (Phi) is 3.31. The van der Waals surface area contributed by atoms with Crippen molar-refractivity contribution in [1.29, 1.82) is 0 Å². The van der Waals surface area contributed by atoms with Gasteiger partial charge in [0, 0.05) is 0 Å². The molecule has 3 N–H and O–H groups in total. The maximum Gasteiger partial charge on any atom is 0.303 e. The molecule has 0 aromatic heterocycles. The molecule has 3 heteroatoms. The van der Waals surface area contributed by atoms with E-state index in [4.69, 9.17) is 10.8 Å². The van der Waals surface area contributed by atoms with Gasteiger partial charge < -0.3 is 10.8 Å². The van der Waals surface area contributed by atoms with E-state index in [2.05, 4.69) is 6.92 Å². The van der Waals surface area contributed by atoms with E-state index >= 15 is 0 Å². The highest BCUT2D eigenvalue weighted by Gasteiger charge is 2.34. The van der Waals surface area contributed by atoms with E-state index in [0.717, 1.165) is 31.6 Å². The molecule has 76 valence electrons. The summed E-state index contributed by atoms with van der Waals surface area (Å²) in [4.78, 5) is 10.7. The van der Waals surface area contributed by atoms with E-state index in [1.807, 2.05) is 0 Å². The monoisotopic (exact) mass is 185 g/mol. The first-order chi connectivity index (χ1) is 6.08. The third kappa shape index (κ3) is 2.69. The lowest BCUT2D eigenvalue weighted by molar-refractivity contribution is -0.140. The van der Waals surface area contributed by atoms with E-state index in [0.29, 0.717) is 6.54 Å². The van der Waals surface area contributed by atoms with Gasteiger partial charge in [-0.2, -0.15) is 0 Å². The molecule has 13 heavy (non-hydrogen) atoms. The van der Waals surface area contributed by atoms with E-state index < -0.39 is 5.97 Å². The van der Waals surface area contributed by atoms with Crippen LogP contribution in [0.3, 0.4) is 0 Å². The van der Waals surface area contributed by atoms with Gasteiger partial charge in [0.2, 0.25) is 0 Å². The molecule has 1 fully saturated rings. The maximum atomic E-state index is 10.7. The highest BCUT2D eigenvalue weighted by atomic mass is 16.4. The summed E-state index contributed by atoms with van der Waals surface area (Å²) < 4.78 is 0. The third-order valence-electron chi connectivity index (χ3n) is 3.29. The lowest BCUT2D eigenvalue weighted by Crippen LogP contribution is -2.36. The lowest BCUT2D eigenvalue weighted by atomic mass is 9.69. The van der Waals surface area contributed by atoms with Crippen LogP contribution in [0.25, 0.3) is 0 Å². The zero-order chi connectivity index (χ0) is 9.90. The predicted molar refractivity (Wildman–Crippen MR) is 51.4 cm³/mol. The number of aliphatic carboxylic acids is 1. The Morgan fingerprint density at radius 3 is 2.46 bits per heavy atom. The van der Waals surface area contributed by atoms with Crippen LogP contribution in [0, 0.1) is 11.3 Å². The lowest BCUT2D eigenvalue weighted by Gasteiger charge is -2.37. The Balaban J connectivity index is 2.55. The minimum atomic E-state index is -0.708. The number of rotatable bonds is 3. The molecular weight excluding hydrogens is 166 g/mol. The molecule has 0 radical (unpaired) electrons. The summed E-state index contributed by atoms with van der Waals surface area (Å²) in [6.45, 7) is 2.74. The molecule has 1 saturated carbocycles. The Bertz CT molecular complexity index is 183. The Labute approximate surface area is 79.3 Å². The fourth-order valence-electron chi connectivity index (χ4n) is 2.15. The van der Waals surface area contributed by atoms with Crippen molar-refractivity contribution in [2.75, 3.05) is 6.54 Å². The molecule has 3 nitrogen and oxygen atoms in total. The van der Waals surface area contributed by atoms with Crippen molar-refractivity contribution in [3.8, 4) is 0 Å². The average molecular weight is 185 g/mol. The molecule has 0 bridgehead atoms. The second kappa shape index (κ2) is 4.09. The molecule has 1 aliphatic carbocycles. The molecule has 0 unspecified atom stereocenters. The normalized spacial score (nSPS) is 34.5. The molecule has 1 aliphatic rings. The van der Waals surface area contributed by atoms with Gasteiger partial charge in [0.25, 0.3) is 0 Å². The van der Waals surface area contributed by atoms with Crippen molar-refractivity contribution in [2.24, 2.45) is 17.1 Å². The van der Waals surface area contributed by atoms with Crippen LogP contribution in [0.4, 0.5) is 0 Å². The SMILES string of the molecule is C[C@H]1CC[C@@](CN)(CC(=O)O)CC1. The summed E-state index contributed by atoms with van der Waals surface area (Å²) in [5, 5.41) is 8.77. The summed E-state index contributed by atoms with van der Waals surface area (Å²) in [5.41, 5.74) is 5.57. The molecule has 0 heterocycles. The Morgan fingerprint density at radius 1 is 1.54 bits per heavy atom. The number of carbonyl (C=O) groups is 1. The fraction of sp³-hybridized carbons (Fsp3) is 0.900. The first-order valence-corrected chi connectivity index (χ1v) is 5.00. The summed E-state index contributed by atoms with van der Waals surface area (Å²) in [6, 6.07) is 0. The van der Waals surface area contributed by atoms with Crippen LogP contribution in [0.5, 0.6) is 0 Å². The van der Waals surface area contributed by atoms with Crippen LogP contribution < -0.4 is 5.73 Å². The molecule has 1 rings (SSSR count). The summed E-state index contributed by atoms with van der Waals surface area (Å²) in [6.07, 6.45) is 4.47. The minimum Gasteiger partial charge on any atom is -0.481 e. The van der Waals surface area contributed by atoms with Gasteiger partial charge >= 0.3 is 5.97 Å². The molecule has 0 amide bonds. The van der Waals surface area contributed by atoms with Gasteiger partial charge in [0.05, 0.1) is 6.42 Å². The van der Waals surface area contributed by atoms with Crippen LogP contribution in [-0.4, -0.2) is 17.6 Å². The molecule has 0 saturated heterocycles.